The lowest BCUT2D eigenvalue weighted by Gasteiger charge is -2.26. The van der Waals surface area contributed by atoms with Crippen LogP contribution in [0, 0.1) is 20.8 Å². The molecule has 5 nitrogen and oxygen atoms in total. The molecule has 0 atom stereocenters. The van der Waals surface area contributed by atoms with Crippen molar-refractivity contribution in [2.75, 3.05) is 5.32 Å². The van der Waals surface area contributed by atoms with Crippen LogP contribution in [-0.2, 0) is 7.05 Å². The summed E-state index contributed by atoms with van der Waals surface area (Å²) in [6, 6.07) is 24.3. The number of nitrogens with one attached hydrogen (secondary N) is 1. The van der Waals surface area contributed by atoms with Crippen molar-refractivity contribution >= 4 is 33.8 Å². The smallest absolute Gasteiger partial charge is 0.262 e. The number of hydrogen-bond donors (Lipinski definition) is 1. The topological polar surface area (TPSA) is 68.2 Å². The first-order chi connectivity index (χ1) is 18.3. The second kappa shape index (κ2) is 8.67. The van der Waals surface area contributed by atoms with Crippen molar-refractivity contribution in [3.8, 4) is 11.1 Å². The Bertz CT molecular complexity index is 1900. The van der Waals surface area contributed by atoms with Gasteiger partial charge in [0.2, 0.25) is 0 Å². The van der Waals surface area contributed by atoms with Crippen LogP contribution in [0.3, 0.4) is 0 Å². The van der Waals surface area contributed by atoms with Gasteiger partial charge in [0.25, 0.3) is 5.56 Å². The number of ketones is 2. The van der Waals surface area contributed by atoms with E-state index in [0.717, 1.165) is 22.4 Å². The van der Waals surface area contributed by atoms with Gasteiger partial charge >= 0.3 is 0 Å². The molecular weight excluding hydrogens is 472 g/mol. The minimum absolute atomic E-state index is 0.0791. The number of rotatable bonds is 4. The zero-order valence-electron chi connectivity index (χ0n) is 21.7. The molecule has 0 amide bonds. The number of aromatic nitrogens is 1. The van der Waals surface area contributed by atoms with E-state index in [1.165, 1.54) is 4.57 Å². The number of benzene rings is 4. The molecule has 0 fully saturated rings. The molecular formula is C33H26N2O3. The summed E-state index contributed by atoms with van der Waals surface area (Å²) < 4.78 is 1.48. The first-order valence-corrected chi connectivity index (χ1v) is 12.6. The molecule has 4 aromatic carbocycles. The van der Waals surface area contributed by atoms with Gasteiger partial charge in [-0.15, -0.1) is 0 Å². The van der Waals surface area contributed by atoms with Gasteiger partial charge < -0.3 is 9.88 Å². The second-order valence-corrected chi connectivity index (χ2v) is 10.0. The maximum Gasteiger partial charge on any atom is 0.262 e. The monoisotopic (exact) mass is 498 g/mol. The lowest BCUT2D eigenvalue weighted by atomic mass is 9.80. The van der Waals surface area contributed by atoms with Gasteiger partial charge in [0.1, 0.15) is 0 Å². The Morgan fingerprint density at radius 3 is 2.18 bits per heavy atom. The summed E-state index contributed by atoms with van der Waals surface area (Å²) in [5.41, 5.74) is 7.46. The highest BCUT2D eigenvalue weighted by molar-refractivity contribution is 6.31. The molecule has 0 saturated carbocycles. The van der Waals surface area contributed by atoms with Crippen molar-refractivity contribution in [1.29, 1.82) is 0 Å². The number of carbonyl (C=O) groups is 2. The Morgan fingerprint density at radius 1 is 0.737 bits per heavy atom. The van der Waals surface area contributed by atoms with Gasteiger partial charge in [0.05, 0.1) is 22.3 Å². The van der Waals surface area contributed by atoms with Crippen LogP contribution in [0.15, 0.2) is 83.7 Å². The number of anilines is 2. The molecule has 38 heavy (non-hydrogen) atoms. The first-order valence-electron chi connectivity index (χ1n) is 12.6. The van der Waals surface area contributed by atoms with Gasteiger partial charge in [-0.1, -0.05) is 65.7 Å². The number of fused-ring (bicyclic) bond motifs is 2. The summed E-state index contributed by atoms with van der Waals surface area (Å²) in [7, 11) is 1.65. The van der Waals surface area contributed by atoms with E-state index in [-0.39, 0.29) is 22.7 Å². The van der Waals surface area contributed by atoms with Gasteiger partial charge in [-0.25, -0.2) is 0 Å². The van der Waals surface area contributed by atoms with Crippen LogP contribution in [0.2, 0.25) is 0 Å². The van der Waals surface area contributed by atoms with E-state index in [0.29, 0.717) is 44.4 Å². The first kappa shape index (κ1) is 23.6. The SMILES string of the molecule is Cc1cccc(C(=O)c2c3c4c(c(Nc5ccc(C)cc5C)ccc4n(C)c2=O)C(=O)c2ccccc2-3)c1. The maximum atomic E-state index is 14.0. The normalized spacial score (nSPS) is 11.9. The van der Waals surface area contributed by atoms with Crippen LogP contribution in [-0.4, -0.2) is 16.1 Å². The molecule has 1 N–H and O–H groups in total. The third kappa shape index (κ3) is 3.51. The molecule has 186 valence electrons. The van der Waals surface area contributed by atoms with Crippen LogP contribution in [0.4, 0.5) is 11.4 Å². The Balaban J connectivity index is 1.72. The van der Waals surface area contributed by atoms with Crippen molar-refractivity contribution in [1.82, 2.24) is 4.57 Å². The predicted molar refractivity (Wildman–Crippen MR) is 152 cm³/mol. The maximum absolute atomic E-state index is 14.0. The van der Waals surface area contributed by atoms with E-state index < -0.39 is 0 Å². The highest BCUT2D eigenvalue weighted by atomic mass is 16.1. The van der Waals surface area contributed by atoms with Crippen molar-refractivity contribution < 1.29 is 9.59 Å². The molecule has 0 unspecified atom stereocenters. The average molecular weight is 499 g/mol. The largest absolute Gasteiger partial charge is 0.355 e. The molecule has 0 saturated heterocycles. The average Bonchev–Trinajstić information content (AvgIpc) is 2.91. The van der Waals surface area contributed by atoms with E-state index in [1.807, 2.05) is 75.4 Å². The van der Waals surface area contributed by atoms with E-state index in [1.54, 1.807) is 25.2 Å². The quantitative estimate of drug-likeness (QED) is 0.276. The van der Waals surface area contributed by atoms with Crippen molar-refractivity contribution in [2.45, 2.75) is 20.8 Å². The summed E-state index contributed by atoms with van der Waals surface area (Å²) in [5.74, 6) is -0.493. The van der Waals surface area contributed by atoms with Gasteiger partial charge in [0, 0.05) is 34.8 Å². The molecule has 0 radical (unpaired) electrons. The van der Waals surface area contributed by atoms with Crippen LogP contribution in [0.5, 0.6) is 0 Å². The van der Waals surface area contributed by atoms with Crippen molar-refractivity contribution in [2.24, 2.45) is 7.05 Å². The van der Waals surface area contributed by atoms with Crippen molar-refractivity contribution in [3.05, 3.63) is 128 Å². The Hall–Kier alpha value is -4.77. The summed E-state index contributed by atoms with van der Waals surface area (Å²) in [6.07, 6.45) is 0. The molecule has 1 aliphatic carbocycles. The van der Waals surface area contributed by atoms with E-state index >= 15 is 0 Å². The zero-order valence-corrected chi connectivity index (χ0v) is 21.7. The summed E-state index contributed by atoms with van der Waals surface area (Å²) in [4.78, 5) is 41.8. The number of nitrogens with zero attached hydrogens (tertiary/aromatic N) is 1. The highest BCUT2D eigenvalue weighted by Crippen LogP contribution is 2.44. The molecule has 5 aromatic rings. The van der Waals surface area contributed by atoms with Gasteiger partial charge in [0.15, 0.2) is 11.6 Å². The molecule has 1 heterocycles. The van der Waals surface area contributed by atoms with Gasteiger partial charge in [-0.3, -0.25) is 14.4 Å². The number of carbonyl (C=O) groups excluding carboxylic acids is 2. The molecule has 0 bridgehead atoms. The zero-order chi connectivity index (χ0) is 26.7. The summed E-state index contributed by atoms with van der Waals surface area (Å²) in [5, 5.41) is 4.07. The highest BCUT2D eigenvalue weighted by Gasteiger charge is 2.34. The van der Waals surface area contributed by atoms with Gasteiger partial charge in [-0.05, 0) is 56.2 Å². The summed E-state index contributed by atoms with van der Waals surface area (Å²) >= 11 is 0. The number of pyridine rings is 1. The third-order valence-corrected chi connectivity index (χ3v) is 7.39. The van der Waals surface area contributed by atoms with Crippen LogP contribution in [0.25, 0.3) is 22.0 Å². The standard InChI is InChI=1S/C33H26N2O3/c1-18-8-7-9-21(17-18)31(36)30-27-22-10-5-6-11-23(22)32(37)28-25(34-24-13-12-19(2)16-20(24)3)14-15-26(29(27)28)35(4)33(30)38/h5-17,34H,1-4H3. The van der Waals surface area contributed by atoms with Crippen LogP contribution >= 0.6 is 0 Å². The van der Waals surface area contributed by atoms with Gasteiger partial charge in [-0.2, -0.15) is 0 Å². The Morgan fingerprint density at radius 2 is 1.45 bits per heavy atom. The van der Waals surface area contributed by atoms with E-state index in [4.69, 9.17) is 0 Å². The predicted octanol–water partition coefficient (Wildman–Crippen LogP) is 6.65. The van der Waals surface area contributed by atoms with E-state index in [2.05, 4.69) is 11.4 Å². The van der Waals surface area contributed by atoms with E-state index in [9.17, 15) is 14.4 Å². The fourth-order valence-electron chi connectivity index (χ4n) is 5.52. The Labute approximate surface area is 220 Å². The summed E-state index contributed by atoms with van der Waals surface area (Å²) in [6.45, 7) is 5.97. The molecule has 0 aliphatic heterocycles. The van der Waals surface area contributed by atoms with Crippen LogP contribution in [0.1, 0.15) is 48.5 Å². The number of aryl methyl sites for hydroxylation is 4. The fourth-order valence-corrected chi connectivity index (χ4v) is 5.52. The third-order valence-electron chi connectivity index (χ3n) is 7.39. The minimum Gasteiger partial charge on any atom is -0.355 e. The second-order valence-electron chi connectivity index (χ2n) is 10.0. The van der Waals surface area contributed by atoms with Crippen molar-refractivity contribution in [3.63, 3.8) is 0 Å². The molecule has 1 aromatic heterocycles. The molecule has 6 rings (SSSR count). The lowest BCUT2D eigenvalue weighted by Crippen LogP contribution is -2.29. The number of hydrogen-bond acceptors (Lipinski definition) is 4. The molecule has 0 spiro atoms. The molecule has 5 heteroatoms. The lowest BCUT2D eigenvalue weighted by molar-refractivity contribution is 0.102. The van der Waals surface area contributed by atoms with Crippen LogP contribution < -0.4 is 10.9 Å². The Kier molecular flexibility index (Phi) is 5.39. The molecule has 1 aliphatic rings. The minimum atomic E-state index is -0.385. The fraction of sp³-hybridized carbons (Fsp3) is 0.121.